The van der Waals surface area contributed by atoms with Crippen LogP contribution in [0.2, 0.25) is 0 Å². The van der Waals surface area contributed by atoms with Gasteiger partial charge in [0.2, 0.25) is 0 Å². The molecule has 7 heteroatoms. The van der Waals surface area contributed by atoms with Gasteiger partial charge in [-0.05, 0) is 35.7 Å². The fourth-order valence-corrected chi connectivity index (χ4v) is 2.74. The predicted molar refractivity (Wildman–Crippen MR) is 77.2 cm³/mol. The number of halogens is 3. The van der Waals surface area contributed by atoms with Gasteiger partial charge >= 0.3 is 6.18 Å². The number of hydrogen-bond acceptors (Lipinski definition) is 3. The van der Waals surface area contributed by atoms with E-state index in [0.717, 1.165) is 17.7 Å². The van der Waals surface area contributed by atoms with E-state index >= 15 is 0 Å². The second-order valence-corrected chi connectivity index (χ2v) is 5.30. The molecule has 0 radical (unpaired) electrons. The van der Waals surface area contributed by atoms with Crippen molar-refractivity contribution in [1.82, 2.24) is 5.48 Å². The summed E-state index contributed by atoms with van der Waals surface area (Å²) in [6.07, 6.45) is -3.82. The summed E-state index contributed by atoms with van der Waals surface area (Å²) in [7, 11) is 0. The highest BCUT2D eigenvalue weighted by molar-refractivity contribution is 6.00. The molecule has 23 heavy (non-hydrogen) atoms. The van der Waals surface area contributed by atoms with Gasteiger partial charge in [0.05, 0.1) is 22.9 Å². The molecule has 0 saturated heterocycles. The third kappa shape index (κ3) is 2.87. The van der Waals surface area contributed by atoms with Crippen LogP contribution in [0.5, 0.6) is 0 Å². The molecule has 1 aliphatic rings. The summed E-state index contributed by atoms with van der Waals surface area (Å²) < 4.78 is 37.8. The fraction of sp³-hybridized carbons (Fsp3) is 0.188. The maximum absolute atomic E-state index is 12.6. The minimum absolute atomic E-state index is 0.222. The number of carbonyl (C=O) groups is 1. The van der Waals surface area contributed by atoms with E-state index in [1.165, 1.54) is 12.1 Å². The Morgan fingerprint density at radius 1 is 1.17 bits per heavy atom. The van der Waals surface area contributed by atoms with Gasteiger partial charge < -0.3 is 5.32 Å². The van der Waals surface area contributed by atoms with Crippen molar-refractivity contribution >= 4 is 11.6 Å². The van der Waals surface area contributed by atoms with Gasteiger partial charge in [-0.2, -0.15) is 13.2 Å². The number of rotatable bonds is 2. The van der Waals surface area contributed by atoms with Crippen LogP contribution in [0.3, 0.4) is 0 Å². The molecule has 4 nitrogen and oxygen atoms in total. The van der Waals surface area contributed by atoms with E-state index in [1.54, 1.807) is 17.6 Å². The van der Waals surface area contributed by atoms with Crippen LogP contribution in [0.25, 0.3) is 0 Å². The first-order chi connectivity index (χ1) is 10.9. The lowest BCUT2D eigenvalue weighted by molar-refractivity contribution is -0.137. The molecule has 2 aromatic rings. The molecular weight excluding hydrogens is 309 g/mol. The minimum Gasteiger partial charge on any atom is -0.377 e. The number of alkyl halides is 3. The highest BCUT2D eigenvalue weighted by Gasteiger charge is 2.31. The Hall–Kier alpha value is -2.54. The van der Waals surface area contributed by atoms with Gasteiger partial charge in [0.15, 0.2) is 0 Å². The maximum atomic E-state index is 12.6. The zero-order valence-corrected chi connectivity index (χ0v) is 11.8. The standard InChI is InChI=1S/C16H13F3N2O2/c17-16(18,19)11-6-4-9(5-7-11)13-8-10-2-1-3-12(14(10)20-13)15(22)21-23/h1-7,13,20,23H,8H2,(H,21,22). The van der Waals surface area contributed by atoms with Crippen LogP contribution < -0.4 is 10.8 Å². The van der Waals surface area contributed by atoms with Crippen LogP contribution in [-0.4, -0.2) is 11.1 Å². The Morgan fingerprint density at radius 3 is 2.48 bits per heavy atom. The van der Waals surface area contributed by atoms with Crippen molar-refractivity contribution in [3.05, 3.63) is 64.7 Å². The molecule has 2 aromatic carbocycles. The van der Waals surface area contributed by atoms with E-state index < -0.39 is 17.6 Å². The Morgan fingerprint density at radius 2 is 1.87 bits per heavy atom. The number of para-hydroxylation sites is 1. The molecule has 0 bridgehead atoms. The highest BCUT2D eigenvalue weighted by atomic mass is 19.4. The SMILES string of the molecule is O=C(NO)c1cccc2c1NC(c1ccc(C(F)(F)F)cc1)C2. The number of carbonyl (C=O) groups excluding carboxylic acids is 1. The lowest BCUT2D eigenvalue weighted by Gasteiger charge is -2.14. The number of anilines is 1. The van der Waals surface area contributed by atoms with E-state index in [0.29, 0.717) is 23.2 Å². The Balaban J connectivity index is 1.86. The van der Waals surface area contributed by atoms with Gasteiger partial charge in [-0.25, -0.2) is 5.48 Å². The van der Waals surface area contributed by atoms with Gasteiger partial charge in [-0.3, -0.25) is 10.0 Å². The topological polar surface area (TPSA) is 61.4 Å². The molecule has 0 aliphatic carbocycles. The van der Waals surface area contributed by atoms with Crippen molar-refractivity contribution < 1.29 is 23.2 Å². The zero-order chi connectivity index (χ0) is 16.6. The summed E-state index contributed by atoms with van der Waals surface area (Å²) >= 11 is 0. The van der Waals surface area contributed by atoms with E-state index in [1.807, 2.05) is 6.07 Å². The van der Waals surface area contributed by atoms with Gasteiger partial charge in [0.1, 0.15) is 0 Å². The number of amides is 1. The first-order valence-corrected chi connectivity index (χ1v) is 6.90. The predicted octanol–water partition coefficient (Wildman–Crippen LogP) is 3.53. The van der Waals surface area contributed by atoms with Crippen LogP contribution in [0.15, 0.2) is 42.5 Å². The molecule has 1 amide bonds. The molecule has 1 aliphatic heterocycles. The Kier molecular flexibility index (Phi) is 3.73. The maximum Gasteiger partial charge on any atom is 0.416 e. The molecule has 3 N–H and O–H groups in total. The van der Waals surface area contributed by atoms with Gasteiger partial charge in [0, 0.05) is 0 Å². The van der Waals surface area contributed by atoms with Crippen LogP contribution in [0, 0.1) is 0 Å². The Labute approximate surface area is 129 Å². The van der Waals surface area contributed by atoms with E-state index in [9.17, 15) is 18.0 Å². The molecule has 0 spiro atoms. The van der Waals surface area contributed by atoms with Crippen LogP contribution >= 0.6 is 0 Å². The highest BCUT2D eigenvalue weighted by Crippen LogP contribution is 2.37. The molecule has 0 fully saturated rings. The van der Waals surface area contributed by atoms with Crippen LogP contribution in [0.1, 0.15) is 33.1 Å². The van der Waals surface area contributed by atoms with Crippen molar-refractivity contribution in [3.63, 3.8) is 0 Å². The van der Waals surface area contributed by atoms with Crippen molar-refractivity contribution in [2.75, 3.05) is 5.32 Å². The van der Waals surface area contributed by atoms with Crippen molar-refractivity contribution in [3.8, 4) is 0 Å². The summed E-state index contributed by atoms with van der Waals surface area (Å²) in [6, 6.07) is 9.81. The minimum atomic E-state index is -4.36. The first kappa shape index (κ1) is 15.4. The summed E-state index contributed by atoms with van der Waals surface area (Å²) in [6.45, 7) is 0. The second-order valence-electron chi connectivity index (χ2n) is 5.30. The molecule has 0 saturated carbocycles. The third-order valence-corrected chi connectivity index (χ3v) is 3.88. The van der Waals surface area contributed by atoms with Crippen LogP contribution in [-0.2, 0) is 12.6 Å². The molecule has 0 aromatic heterocycles. The first-order valence-electron chi connectivity index (χ1n) is 6.90. The summed E-state index contributed by atoms with van der Waals surface area (Å²) in [5.74, 6) is -0.637. The lowest BCUT2D eigenvalue weighted by atomic mass is 10.0. The smallest absolute Gasteiger partial charge is 0.377 e. The lowest BCUT2D eigenvalue weighted by Crippen LogP contribution is -2.20. The molecule has 3 rings (SSSR count). The third-order valence-electron chi connectivity index (χ3n) is 3.88. The second kappa shape index (κ2) is 5.58. The van der Waals surface area contributed by atoms with Crippen LogP contribution in [0.4, 0.5) is 18.9 Å². The average molecular weight is 322 g/mol. The summed E-state index contributed by atoms with van der Waals surface area (Å²) in [5.41, 5.74) is 3.34. The average Bonchev–Trinajstić information content (AvgIpc) is 2.97. The number of nitrogens with one attached hydrogen (secondary N) is 2. The van der Waals surface area contributed by atoms with Gasteiger partial charge in [-0.1, -0.05) is 24.3 Å². The largest absolute Gasteiger partial charge is 0.416 e. The molecule has 1 unspecified atom stereocenters. The molecule has 1 atom stereocenters. The van der Waals surface area contributed by atoms with E-state index in [4.69, 9.17) is 5.21 Å². The number of fused-ring (bicyclic) bond motifs is 1. The summed E-state index contributed by atoms with van der Waals surface area (Å²) in [4.78, 5) is 11.6. The Bertz CT molecular complexity index is 742. The zero-order valence-electron chi connectivity index (χ0n) is 11.8. The van der Waals surface area contributed by atoms with Crippen molar-refractivity contribution in [2.45, 2.75) is 18.6 Å². The molecule has 120 valence electrons. The van der Waals surface area contributed by atoms with Crippen molar-refractivity contribution in [1.29, 1.82) is 0 Å². The molecular formula is C16H13F3N2O2. The summed E-state index contributed by atoms with van der Waals surface area (Å²) in [5, 5.41) is 11.9. The number of hydroxylamine groups is 1. The monoisotopic (exact) mass is 322 g/mol. The number of benzene rings is 2. The quantitative estimate of drug-likeness (QED) is 0.585. The number of hydrogen-bond donors (Lipinski definition) is 3. The van der Waals surface area contributed by atoms with E-state index in [-0.39, 0.29) is 6.04 Å². The van der Waals surface area contributed by atoms with Crippen molar-refractivity contribution in [2.24, 2.45) is 0 Å². The molecule has 1 heterocycles. The van der Waals surface area contributed by atoms with Gasteiger partial charge in [-0.15, -0.1) is 0 Å². The van der Waals surface area contributed by atoms with Gasteiger partial charge in [0.25, 0.3) is 5.91 Å². The van der Waals surface area contributed by atoms with E-state index in [2.05, 4.69) is 5.32 Å². The fourth-order valence-electron chi connectivity index (χ4n) is 2.74. The normalized spacial score (nSPS) is 16.6.